The molecule has 0 radical (unpaired) electrons. The van der Waals surface area contributed by atoms with E-state index in [1.54, 1.807) is 19.2 Å². The molecule has 0 atom stereocenters. The van der Waals surface area contributed by atoms with Gasteiger partial charge in [0.05, 0.1) is 30.4 Å². The molecule has 0 amide bonds. The molecule has 2 heterocycles. The molecule has 110 valence electrons. The van der Waals surface area contributed by atoms with Gasteiger partial charge in [-0.3, -0.25) is 0 Å². The molecule has 0 aromatic heterocycles. The maximum absolute atomic E-state index is 12.7. The third-order valence-corrected chi connectivity index (χ3v) is 5.51. The predicted molar refractivity (Wildman–Crippen MR) is 74.8 cm³/mol. The first-order chi connectivity index (χ1) is 9.63. The van der Waals surface area contributed by atoms with Crippen LogP contribution in [0.1, 0.15) is 5.56 Å². The second kappa shape index (κ2) is 5.23. The van der Waals surface area contributed by atoms with Gasteiger partial charge < -0.3 is 14.8 Å². The van der Waals surface area contributed by atoms with Crippen molar-refractivity contribution in [1.82, 2.24) is 4.31 Å². The van der Waals surface area contributed by atoms with Crippen LogP contribution in [0.5, 0.6) is 5.75 Å². The monoisotopic (exact) mass is 298 g/mol. The van der Waals surface area contributed by atoms with Gasteiger partial charge in [0, 0.05) is 32.1 Å². The Balaban J connectivity index is 2.01. The molecular formula is C13H18N2O4S. The summed E-state index contributed by atoms with van der Waals surface area (Å²) in [7, 11) is -1.69. The molecule has 2 aliphatic rings. The van der Waals surface area contributed by atoms with Crippen molar-refractivity contribution >= 4 is 15.7 Å². The second-order valence-electron chi connectivity index (χ2n) is 4.82. The average molecular weight is 298 g/mol. The number of nitrogens with zero attached hydrogens (tertiary/aromatic N) is 1. The number of hydrogen-bond acceptors (Lipinski definition) is 5. The quantitative estimate of drug-likeness (QED) is 0.889. The molecule has 3 rings (SSSR count). The zero-order valence-electron chi connectivity index (χ0n) is 11.4. The van der Waals surface area contributed by atoms with Crippen LogP contribution in [0.25, 0.3) is 0 Å². The molecule has 1 aromatic rings. The lowest BCUT2D eigenvalue weighted by Crippen LogP contribution is -2.40. The highest BCUT2D eigenvalue weighted by Crippen LogP contribution is 2.36. The molecule has 20 heavy (non-hydrogen) atoms. The number of fused-ring (bicyclic) bond motifs is 1. The van der Waals surface area contributed by atoms with Crippen LogP contribution in [-0.4, -0.2) is 52.7 Å². The lowest BCUT2D eigenvalue weighted by molar-refractivity contribution is 0.0730. The first-order valence-corrected chi connectivity index (χ1v) is 8.12. The Hall–Kier alpha value is -1.31. The Labute approximate surface area is 118 Å². The fraction of sp³-hybridized carbons (Fsp3) is 0.538. The van der Waals surface area contributed by atoms with Gasteiger partial charge in [0.2, 0.25) is 10.0 Å². The summed E-state index contributed by atoms with van der Waals surface area (Å²) in [6.07, 6.45) is 0.747. The first kappa shape index (κ1) is 13.7. The van der Waals surface area contributed by atoms with Gasteiger partial charge in [-0.15, -0.1) is 0 Å². The number of hydrogen-bond donors (Lipinski definition) is 1. The van der Waals surface area contributed by atoms with E-state index in [0.29, 0.717) is 37.8 Å². The van der Waals surface area contributed by atoms with Gasteiger partial charge in [0.1, 0.15) is 5.75 Å². The maximum atomic E-state index is 12.7. The molecule has 0 bridgehead atoms. The molecule has 0 saturated carbocycles. The molecule has 1 fully saturated rings. The molecule has 1 N–H and O–H groups in total. The van der Waals surface area contributed by atoms with Crippen LogP contribution >= 0.6 is 0 Å². The minimum Gasteiger partial charge on any atom is -0.491 e. The van der Waals surface area contributed by atoms with Gasteiger partial charge in [0.15, 0.2) is 0 Å². The molecular weight excluding hydrogens is 280 g/mol. The Morgan fingerprint density at radius 2 is 1.95 bits per heavy atom. The van der Waals surface area contributed by atoms with Gasteiger partial charge >= 0.3 is 0 Å². The van der Waals surface area contributed by atoms with Crippen molar-refractivity contribution in [2.45, 2.75) is 11.3 Å². The molecule has 6 nitrogen and oxygen atoms in total. The summed E-state index contributed by atoms with van der Waals surface area (Å²) in [4.78, 5) is 0.327. The number of sulfonamides is 1. The van der Waals surface area contributed by atoms with Crippen LogP contribution < -0.4 is 10.1 Å². The summed E-state index contributed by atoms with van der Waals surface area (Å²) in [6, 6.07) is 3.38. The van der Waals surface area contributed by atoms with Gasteiger partial charge in [-0.25, -0.2) is 8.42 Å². The fourth-order valence-electron chi connectivity index (χ4n) is 2.55. The van der Waals surface area contributed by atoms with Crippen LogP contribution in [-0.2, 0) is 21.2 Å². The van der Waals surface area contributed by atoms with E-state index in [2.05, 4.69) is 5.32 Å². The molecule has 0 aliphatic carbocycles. The molecule has 0 spiro atoms. The van der Waals surface area contributed by atoms with E-state index in [-0.39, 0.29) is 0 Å². The van der Waals surface area contributed by atoms with Crippen LogP contribution in [0.4, 0.5) is 5.69 Å². The molecule has 1 saturated heterocycles. The molecule has 0 unspecified atom stereocenters. The lowest BCUT2D eigenvalue weighted by Gasteiger charge is -2.26. The summed E-state index contributed by atoms with van der Waals surface area (Å²) in [6.45, 7) is 2.32. The van der Waals surface area contributed by atoms with E-state index in [0.717, 1.165) is 23.4 Å². The van der Waals surface area contributed by atoms with E-state index in [4.69, 9.17) is 9.47 Å². The molecule has 1 aromatic carbocycles. The molecule has 7 heteroatoms. The Kier molecular flexibility index (Phi) is 3.57. The fourth-order valence-corrected chi connectivity index (χ4v) is 4.04. The van der Waals surface area contributed by atoms with Gasteiger partial charge in [-0.05, 0) is 12.1 Å². The SMILES string of the molecule is CNc1cc(S(=O)(=O)N2CCOCC2)cc2c1OCC2. The van der Waals surface area contributed by atoms with Crippen LogP contribution in [0.15, 0.2) is 17.0 Å². The average Bonchev–Trinajstić information content (AvgIpc) is 2.95. The number of morpholine rings is 1. The minimum atomic E-state index is -3.46. The summed E-state index contributed by atoms with van der Waals surface area (Å²) in [5.41, 5.74) is 1.68. The van der Waals surface area contributed by atoms with Crippen molar-refractivity contribution in [2.75, 3.05) is 45.3 Å². The van der Waals surface area contributed by atoms with E-state index < -0.39 is 10.0 Å². The largest absolute Gasteiger partial charge is 0.491 e. The zero-order chi connectivity index (χ0) is 14.2. The van der Waals surface area contributed by atoms with E-state index in [1.807, 2.05) is 0 Å². The standard InChI is InChI=1S/C13H18N2O4S/c1-14-12-9-11(8-10-2-5-19-13(10)12)20(16,17)15-3-6-18-7-4-15/h8-9,14H,2-7H2,1H3. The number of rotatable bonds is 3. The third-order valence-electron chi connectivity index (χ3n) is 3.63. The van der Waals surface area contributed by atoms with Gasteiger partial charge in [0.25, 0.3) is 0 Å². The highest BCUT2D eigenvalue weighted by atomic mass is 32.2. The normalized spacial score (nSPS) is 19.4. The smallest absolute Gasteiger partial charge is 0.243 e. The third kappa shape index (κ3) is 2.25. The highest BCUT2D eigenvalue weighted by molar-refractivity contribution is 7.89. The summed E-state index contributed by atoms with van der Waals surface area (Å²) >= 11 is 0. The lowest BCUT2D eigenvalue weighted by atomic mass is 10.1. The Bertz CT molecular complexity index is 609. The number of nitrogens with one attached hydrogen (secondary N) is 1. The van der Waals surface area contributed by atoms with Crippen molar-refractivity contribution in [1.29, 1.82) is 0 Å². The van der Waals surface area contributed by atoms with Crippen molar-refractivity contribution in [3.8, 4) is 5.75 Å². The van der Waals surface area contributed by atoms with E-state index >= 15 is 0 Å². The topological polar surface area (TPSA) is 67.9 Å². The van der Waals surface area contributed by atoms with Gasteiger partial charge in [-0.1, -0.05) is 0 Å². The highest BCUT2D eigenvalue weighted by Gasteiger charge is 2.29. The summed E-state index contributed by atoms with van der Waals surface area (Å²) in [5, 5.41) is 3.01. The van der Waals surface area contributed by atoms with Crippen molar-refractivity contribution < 1.29 is 17.9 Å². The number of anilines is 1. The second-order valence-corrected chi connectivity index (χ2v) is 6.76. The number of ether oxygens (including phenoxy) is 2. The first-order valence-electron chi connectivity index (χ1n) is 6.68. The van der Waals surface area contributed by atoms with Crippen molar-refractivity contribution in [3.63, 3.8) is 0 Å². The maximum Gasteiger partial charge on any atom is 0.243 e. The van der Waals surface area contributed by atoms with Crippen LogP contribution in [0.3, 0.4) is 0 Å². The Morgan fingerprint density at radius 1 is 1.20 bits per heavy atom. The van der Waals surface area contributed by atoms with E-state index in [9.17, 15) is 8.42 Å². The summed E-state index contributed by atoms with van der Waals surface area (Å²) < 4.78 is 37.5. The number of benzene rings is 1. The zero-order valence-corrected chi connectivity index (χ0v) is 12.2. The molecule has 2 aliphatic heterocycles. The summed E-state index contributed by atoms with van der Waals surface area (Å²) in [5.74, 6) is 0.772. The minimum absolute atomic E-state index is 0.327. The van der Waals surface area contributed by atoms with E-state index in [1.165, 1.54) is 4.31 Å². The van der Waals surface area contributed by atoms with Crippen molar-refractivity contribution in [3.05, 3.63) is 17.7 Å². The van der Waals surface area contributed by atoms with Crippen molar-refractivity contribution in [2.24, 2.45) is 0 Å². The van der Waals surface area contributed by atoms with Crippen LogP contribution in [0.2, 0.25) is 0 Å². The van der Waals surface area contributed by atoms with Gasteiger partial charge in [-0.2, -0.15) is 4.31 Å². The Morgan fingerprint density at radius 3 is 2.65 bits per heavy atom. The van der Waals surface area contributed by atoms with Crippen LogP contribution in [0, 0.1) is 0 Å². The predicted octanol–water partition coefficient (Wildman–Crippen LogP) is 0.684.